The first-order valence-electron chi connectivity index (χ1n) is 8.19. The van der Waals surface area contributed by atoms with Crippen molar-refractivity contribution in [2.24, 2.45) is 0 Å². The lowest BCUT2D eigenvalue weighted by atomic mass is 10.0. The molecule has 1 fully saturated rings. The molecule has 0 unspecified atom stereocenters. The predicted octanol–water partition coefficient (Wildman–Crippen LogP) is 1.99. The average Bonchev–Trinajstić information content (AvgIpc) is 2.63. The van der Waals surface area contributed by atoms with Crippen LogP contribution in [0.15, 0.2) is 36.7 Å². The lowest BCUT2D eigenvalue weighted by molar-refractivity contribution is 0.0713. The molecule has 7 heteroatoms. The Morgan fingerprint density at radius 1 is 1.29 bits per heavy atom. The zero-order valence-corrected chi connectivity index (χ0v) is 13.7. The van der Waals surface area contributed by atoms with Crippen LogP contribution in [0, 0.1) is 0 Å². The summed E-state index contributed by atoms with van der Waals surface area (Å²) in [6.07, 6.45) is 5.02. The van der Waals surface area contributed by atoms with Gasteiger partial charge in [0.1, 0.15) is 11.4 Å². The van der Waals surface area contributed by atoms with Gasteiger partial charge >= 0.3 is 0 Å². The van der Waals surface area contributed by atoms with Crippen LogP contribution in [-0.2, 0) is 0 Å². The highest BCUT2D eigenvalue weighted by Gasteiger charge is 2.26. The fourth-order valence-electron chi connectivity index (χ4n) is 2.79. The van der Waals surface area contributed by atoms with E-state index in [0.29, 0.717) is 37.2 Å². The van der Waals surface area contributed by atoms with E-state index >= 15 is 0 Å². The molecule has 1 aliphatic heterocycles. The number of aromatic nitrogens is 3. The van der Waals surface area contributed by atoms with Crippen molar-refractivity contribution in [3.05, 3.63) is 42.2 Å². The smallest absolute Gasteiger partial charge is 0.259 e. The van der Waals surface area contributed by atoms with E-state index in [4.69, 9.17) is 4.74 Å². The molecule has 0 saturated carbocycles. The molecule has 1 amide bonds. The average molecular weight is 327 g/mol. The molecule has 0 radical (unpaired) electrons. The van der Waals surface area contributed by atoms with Crippen molar-refractivity contribution < 1.29 is 9.53 Å². The summed E-state index contributed by atoms with van der Waals surface area (Å²) in [6.45, 7) is 3.75. The highest BCUT2D eigenvalue weighted by molar-refractivity contribution is 5.96. The van der Waals surface area contributed by atoms with Crippen LogP contribution in [0.25, 0.3) is 0 Å². The van der Waals surface area contributed by atoms with Crippen LogP contribution in [0.2, 0.25) is 0 Å². The van der Waals surface area contributed by atoms with Gasteiger partial charge in [-0.05, 0) is 44.0 Å². The molecule has 0 aromatic carbocycles. The second-order valence-corrected chi connectivity index (χ2v) is 5.61. The number of likely N-dealkylation sites (tertiary alicyclic amines) is 1. The van der Waals surface area contributed by atoms with Gasteiger partial charge in [-0.2, -0.15) is 5.10 Å². The Morgan fingerprint density at radius 2 is 2.08 bits per heavy atom. The van der Waals surface area contributed by atoms with Crippen molar-refractivity contribution in [3.8, 4) is 5.88 Å². The van der Waals surface area contributed by atoms with E-state index in [2.05, 4.69) is 20.5 Å². The van der Waals surface area contributed by atoms with Crippen molar-refractivity contribution in [3.63, 3.8) is 0 Å². The number of carbonyl (C=O) groups excluding carboxylic acids is 1. The molecule has 24 heavy (non-hydrogen) atoms. The highest BCUT2D eigenvalue weighted by Crippen LogP contribution is 2.21. The van der Waals surface area contributed by atoms with Crippen LogP contribution >= 0.6 is 0 Å². The van der Waals surface area contributed by atoms with E-state index in [1.807, 2.05) is 24.0 Å². The fraction of sp³-hybridized carbons (Fsp3) is 0.412. The Kier molecular flexibility index (Phi) is 5.20. The van der Waals surface area contributed by atoms with Crippen LogP contribution in [0.5, 0.6) is 5.88 Å². The number of hydrogen-bond acceptors (Lipinski definition) is 6. The van der Waals surface area contributed by atoms with Gasteiger partial charge in [0.15, 0.2) is 0 Å². The van der Waals surface area contributed by atoms with Crippen LogP contribution < -0.4 is 10.1 Å². The second-order valence-electron chi connectivity index (χ2n) is 5.61. The Bertz CT molecular complexity index is 672. The van der Waals surface area contributed by atoms with Crippen LogP contribution in [0.3, 0.4) is 0 Å². The maximum Gasteiger partial charge on any atom is 0.259 e. The summed E-state index contributed by atoms with van der Waals surface area (Å²) in [7, 11) is 0. The predicted molar refractivity (Wildman–Crippen MR) is 90.0 cm³/mol. The Hall–Kier alpha value is -2.70. The van der Waals surface area contributed by atoms with Crippen LogP contribution in [0.4, 0.5) is 5.82 Å². The van der Waals surface area contributed by atoms with Gasteiger partial charge in [0.2, 0.25) is 5.88 Å². The van der Waals surface area contributed by atoms with E-state index in [1.54, 1.807) is 24.5 Å². The summed E-state index contributed by atoms with van der Waals surface area (Å²) in [4.78, 5) is 18.7. The first-order chi connectivity index (χ1) is 11.8. The summed E-state index contributed by atoms with van der Waals surface area (Å²) >= 11 is 0. The number of amides is 1. The van der Waals surface area contributed by atoms with E-state index in [-0.39, 0.29) is 5.91 Å². The van der Waals surface area contributed by atoms with Gasteiger partial charge in [0.05, 0.1) is 6.61 Å². The second kappa shape index (κ2) is 7.72. The minimum Gasteiger partial charge on any atom is -0.477 e. The topological polar surface area (TPSA) is 80.2 Å². The summed E-state index contributed by atoms with van der Waals surface area (Å²) in [5.41, 5.74) is 0.527. The summed E-state index contributed by atoms with van der Waals surface area (Å²) in [5, 5.41) is 11.3. The number of pyridine rings is 1. The minimum absolute atomic E-state index is 0.0236. The zero-order valence-electron chi connectivity index (χ0n) is 13.7. The van der Waals surface area contributed by atoms with E-state index in [0.717, 1.165) is 18.7 Å². The fourth-order valence-corrected chi connectivity index (χ4v) is 2.79. The lowest BCUT2D eigenvalue weighted by Crippen LogP contribution is -2.42. The number of anilines is 1. The first kappa shape index (κ1) is 16.2. The third-order valence-corrected chi connectivity index (χ3v) is 3.99. The third kappa shape index (κ3) is 3.79. The van der Waals surface area contributed by atoms with E-state index in [9.17, 15) is 4.79 Å². The number of carbonyl (C=O) groups is 1. The van der Waals surface area contributed by atoms with Crippen molar-refractivity contribution in [1.82, 2.24) is 20.1 Å². The molecule has 1 saturated heterocycles. The van der Waals surface area contributed by atoms with Gasteiger partial charge in [-0.1, -0.05) is 0 Å². The first-order valence-corrected chi connectivity index (χ1v) is 8.19. The zero-order chi connectivity index (χ0) is 16.8. The van der Waals surface area contributed by atoms with Crippen molar-refractivity contribution in [1.29, 1.82) is 0 Å². The van der Waals surface area contributed by atoms with Crippen molar-refractivity contribution in [2.75, 3.05) is 25.0 Å². The number of ether oxygens (including phenoxy) is 1. The normalized spacial score (nSPS) is 15.1. The van der Waals surface area contributed by atoms with Gasteiger partial charge in [0, 0.05) is 31.5 Å². The molecule has 2 aromatic heterocycles. The molecule has 126 valence electrons. The molecule has 3 heterocycles. The molecule has 0 atom stereocenters. The molecule has 0 spiro atoms. The molecule has 0 bridgehead atoms. The van der Waals surface area contributed by atoms with Gasteiger partial charge in [-0.3, -0.25) is 4.79 Å². The molecule has 1 N–H and O–H groups in total. The van der Waals surface area contributed by atoms with Crippen LogP contribution in [0.1, 0.15) is 30.1 Å². The standard InChI is InChI=1S/C17H21N5O2/c1-2-24-16-14(5-3-9-18-16)17(23)22-11-7-13(8-12-22)20-15-6-4-10-19-21-15/h3-6,9-10,13H,2,7-8,11-12H2,1H3,(H,20,21). The van der Waals surface area contributed by atoms with Crippen LogP contribution in [-0.4, -0.2) is 51.7 Å². The molecule has 2 aromatic rings. The van der Waals surface area contributed by atoms with Gasteiger partial charge in [0.25, 0.3) is 5.91 Å². The number of hydrogen-bond donors (Lipinski definition) is 1. The maximum absolute atomic E-state index is 12.7. The monoisotopic (exact) mass is 327 g/mol. The van der Waals surface area contributed by atoms with Gasteiger partial charge in [-0.15, -0.1) is 5.10 Å². The summed E-state index contributed by atoms with van der Waals surface area (Å²) in [5.74, 6) is 1.16. The Morgan fingerprint density at radius 3 is 2.79 bits per heavy atom. The molecule has 3 rings (SSSR count). The van der Waals surface area contributed by atoms with Gasteiger partial charge < -0.3 is 15.0 Å². The Labute approximate surface area is 141 Å². The molecule has 7 nitrogen and oxygen atoms in total. The SMILES string of the molecule is CCOc1ncccc1C(=O)N1CCC(Nc2cccnn2)CC1. The molecule has 1 aliphatic rings. The van der Waals surface area contributed by atoms with E-state index < -0.39 is 0 Å². The molecular formula is C17H21N5O2. The maximum atomic E-state index is 12.7. The summed E-state index contributed by atoms with van der Waals surface area (Å²) < 4.78 is 5.46. The van der Waals surface area contributed by atoms with E-state index in [1.165, 1.54) is 0 Å². The number of piperidine rings is 1. The molecular weight excluding hydrogens is 306 g/mol. The minimum atomic E-state index is -0.0236. The Balaban J connectivity index is 1.59. The molecule has 0 aliphatic carbocycles. The summed E-state index contributed by atoms with van der Waals surface area (Å²) in [6, 6.07) is 7.58. The van der Waals surface area contributed by atoms with Gasteiger partial charge in [-0.25, -0.2) is 4.98 Å². The van der Waals surface area contributed by atoms with Crippen molar-refractivity contribution in [2.45, 2.75) is 25.8 Å². The number of nitrogens with zero attached hydrogens (tertiary/aromatic N) is 4. The number of nitrogens with one attached hydrogen (secondary N) is 1. The lowest BCUT2D eigenvalue weighted by Gasteiger charge is -2.32. The third-order valence-electron chi connectivity index (χ3n) is 3.99. The number of rotatable bonds is 5. The highest BCUT2D eigenvalue weighted by atomic mass is 16.5. The largest absolute Gasteiger partial charge is 0.477 e. The quantitative estimate of drug-likeness (QED) is 0.904. The van der Waals surface area contributed by atoms with Crippen molar-refractivity contribution >= 4 is 11.7 Å².